The van der Waals surface area contributed by atoms with Gasteiger partial charge in [0.1, 0.15) is 17.5 Å². The summed E-state index contributed by atoms with van der Waals surface area (Å²) in [6.45, 7) is 4.65. The number of rotatable bonds is 1. The van der Waals surface area contributed by atoms with Crippen LogP contribution >= 0.6 is 15.9 Å². The molecular formula is C19H18BrN3. The summed E-state index contributed by atoms with van der Waals surface area (Å²) < 4.78 is 1.00. The van der Waals surface area contributed by atoms with E-state index in [-0.39, 0.29) is 5.41 Å². The summed E-state index contributed by atoms with van der Waals surface area (Å²) in [7, 11) is 0. The number of hydrogen-bond donors (Lipinski definition) is 1. The molecule has 0 saturated heterocycles. The first-order valence-corrected chi connectivity index (χ1v) is 8.71. The quantitative estimate of drug-likeness (QED) is 0.797. The van der Waals surface area contributed by atoms with Crippen LogP contribution < -0.4 is 5.73 Å². The highest BCUT2D eigenvalue weighted by molar-refractivity contribution is 9.10. The third-order valence-corrected chi connectivity index (χ3v) is 6.33. The van der Waals surface area contributed by atoms with E-state index in [1.54, 1.807) is 0 Å². The van der Waals surface area contributed by atoms with Crippen molar-refractivity contribution in [2.45, 2.75) is 32.6 Å². The molecule has 3 aliphatic rings. The molecular weight excluding hydrogens is 350 g/mol. The van der Waals surface area contributed by atoms with Crippen molar-refractivity contribution in [3.63, 3.8) is 0 Å². The van der Waals surface area contributed by atoms with E-state index in [0.29, 0.717) is 23.2 Å². The Morgan fingerprint density at radius 3 is 2.83 bits per heavy atom. The molecule has 3 nitrogen and oxygen atoms in total. The van der Waals surface area contributed by atoms with Crippen molar-refractivity contribution in [2.24, 2.45) is 11.3 Å². The zero-order valence-electron chi connectivity index (χ0n) is 13.2. The van der Waals surface area contributed by atoms with Gasteiger partial charge in [-0.3, -0.25) is 0 Å². The number of nitriles is 1. The van der Waals surface area contributed by atoms with Crippen molar-refractivity contribution in [1.29, 1.82) is 5.26 Å². The number of hydrogen-bond acceptors (Lipinski definition) is 3. The summed E-state index contributed by atoms with van der Waals surface area (Å²) in [4.78, 5) is 4.65. The number of aromatic nitrogens is 1. The molecule has 1 heterocycles. The topological polar surface area (TPSA) is 62.7 Å². The molecule has 0 amide bonds. The molecule has 0 spiro atoms. The van der Waals surface area contributed by atoms with Gasteiger partial charge in [-0.05, 0) is 47.4 Å². The monoisotopic (exact) mass is 367 g/mol. The highest BCUT2D eigenvalue weighted by Crippen LogP contribution is 2.63. The smallest absolute Gasteiger partial charge is 0.142 e. The van der Waals surface area contributed by atoms with Gasteiger partial charge in [-0.15, -0.1) is 0 Å². The number of nitrogen functional groups attached to an aromatic ring is 1. The number of nitrogens with zero attached hydrogens (tertiary/aromatic N) is 2. The highest BCUT2D eigenvalue weighted by atomic mass is 79.9. The molecule has 116 valence electrons. The fourth-order valence-electron chi connectivity index (χ4n) is 4.30. The van der Waals surface area contributed by atoms with E-state index in [1.165, 1.54) is 12.0 Å². The summed E-state index contributed by atoms with van der Waals surface area (Å²) in [5, 5.41) is 9.63. The predicted molar refractivity (Wildman–Crippen MR) is 94.8 cm³/mol. The highest BCUT2D eigenvalue weighted by Gasteiger charge is 2.54. The van der Waals surface area contributed by atoms with Crippen LogP contribution in [0.25, 0.3) is 11.1 Å². The second-order valence-electron chi connectivity index (χ2n) is 7.24. The zero-order valence-corrected chi connectivity index (χ0v) is 14.8. The van der Waals surface area contributed by atoms with E-state index in [2.05, 4.69) is 46.9 Å². The molecule has 2 aromatic rings. The third-order valence-electron chi connectivity index (χ3n) is 5.83. The second kappa shape index (κ2) is 4.82. The third kappa shape index (κ3) is 1.96. The molecule has 1 aromatic carbocycles. The number of anilines is 1. The van der Waals surface area contributed by atoms with Crippen LogP contribution in [-0.4, -0.2) is 4.98 Å². The molecule has 1 aromatic heterocycles. The van der Waals surface area contributed by atoms with Gasteiger partial charge in [0.25, 0.3) is 0 Å². The SMILES string of the molecule is CC1(C)[C@H]2Cc3c(nc(N)c(C#N)c3-c3cccc(Br)c3)[C@@H]1C2. The lowest BCUT2D eigenvalue weighted by Gasteiger charge is -2.56. The molecule has 23 heavy (non-hydrogen) atoms. The number of benzene rings is 1. The van der Waals surface area contributed by atoms with Gasteiger partial charge in [-0.2, -0.15) is 5.26 Å². The van der Waals surface area contributed by atoms with E-state index >= 15 is 0 Å². The van der Waals surface area contributed by atoms with E-state index in [1.807, 2.05) is 18.2 Å². The van der Waals surface area contributed by atoms with Crippen LogP contribution in [-0.2, 0) is 6.42 Å². The molecule has 0 aliphatic heterocycles. The Morgan fingerprint density at radius 2 is 2.17 bits per heavy atom. The molecule has 3 aliphatic carbocycles. The maximum atomic E-state index is 9.63. The van der Waals surface area contributed by atoms with Crippen molar-refractivity contribution in [1.82, 2.24) is 4.98 Å². The van der Waals surface area contributed by atoms with E-state index in [4.69, 9.17) is 5.73 Å². The summed E-state index contributed by atoms with van der Waals surface area (Å²) >= 11 is 3.53. The van der Waals surface area contributed by atoms with Crippen molar-refractivity contribution >= 4 is 21.7 Å². The van der Waals surface area contributed by atoms with Crippen molar-refractivity contribution in [3.8, 4) is 17.2 Å². The van der Waals surface area contributed by atoms with Gasteiger partial charge in [0, 0.05) is 16.0 Å². The Balaban J connectivity index is 2.01. The van der Waals surface area contributed by atoms with Crippen LogP contribution in [0, 0.1) is 22.7 Å². The van der Waals surface area contributed by atoms with Crippen LogP contribution in [0.2, 0.25) is 0 Å². The average molecular weight is 368 g/mol. The Morgan fingerprint density at radius 1 is 1.39 bits per heavy atom. The fraction of sp³-hybridized carbons (Fsp3) is 0.368. The van der Waals surface area contributed by atoms with Crippen LogP contribution in [0.3, 0.4) is 0 Å². The van der Waals surface area contributed by atoms with E-state index in [9.17, 15) is 5.26 Å². The van der Waals surface area contributed by atoms with Crippen molar-refractivity contribution < 1.29 is 0 Å². The first-order chi connectivity index (χ1) is 10.9. The molecule has 0 radical (unpaired) electrons. The zero-order chi connectivity index (χ0) is 16.4. The average Bonchev–Trinajstić information content (AvgIpc) is 2.52. The van der Waals surface area contributed by atoms with Crippen molar-refractivity contribution in [2.75, 3.05) is 5.73 Å². The fourth-order valence-corrected chi connectivity index (χ4v) is 4.70. The summed E-state index contributed by atoms with van der Waals surface area (Å²) in [5.74, 6) is 1.49. The van der Waals surface area contributed by atoms with Gasteiger partial charge in [0.2, 0.25) is 0 Å². The van der Waals surface area contributed by atoms with E-state index < -0.39 is 0 Å². The van der Waals surface area contributed by atoms with Crippen LogP contribution in [0.1, 0.15) is 43.0 Å². The van der Waals surface area contributed by atoms with Gasteiger partial charge < -0.3 is 5.73 Å². The Kier molecular flexibility index (Phi) is 3.08. The first kappa shape index (κ1) is 14.7. The molecule has 1 fully saturated rings. The summed E-state index contributed by atoms with van der Waals surface area (Å²) in [6.07, 6.45) is 2.18. The minimum Gasteiger partial charge on any atom is -0.383 e. The minimum atomic E-state index is 0.287. The Hall–Kier alpha value is -1.86. The lowest BCUT2D eigenvalue weighted by Crippen LogP contribution is -2.48. The largest absolute Gasteiger partial charge is 0.383 e. The maximum Gasteiger partial charge on any atom is 0.142 e. The minimum absolute atomic E-state index is 0.287. The standard InChI is InChI=1S/C19H18BrN3/c1-19(2)11-7-13-16(10-4-3-5-12(20)6-10)14(9-21)18(22)23-17(13)15(19)8-11/h3-6,11,15H,7-8H2,1-2H3,(H2,22,23)/t11-,15-/m0/s1. The number of halogens is 1. The molecule has 2 atom stereocenters. The van der Waals surface area contributed by atoms with Gasteiger partial charge in [-0.1, -0.05) is 41.9 Å². The van der Waals surface area contributed by atoms with Crippen LogP contribution in [0.4, 0.5) is 5.82 Å². The lowest BCUT2D eigenvalue weighted by atomic mass is 9.48. The lowest BCUT2D eigenvalue weighted by molar-refractivity contribution is 0.0158. The molecule has 0 unspecified atom stereocenters. The van der Waals surface area contributed by atoms with Gasteiger partial charge in [0.05, 0.1) is 5.69 Å². The van der Waals surface area contributed by atoms with Gasteiger partial charge in [0.15, 0.2) is 0 Å². The summed E-state index contributed by atoms with van der Waals surface area (Å²) in [5.41, 5.74) is 11.3. The van der Waals surface area contributed by atoms with Crippen molar-refractivity contribution in [3.05, 3.63) is 45.6 Å². The predicted octanol–water partition coefficient (Wildman–Crippen LogP) is 4.65. The number of nitrogens with two attached hydrogens (primary N) is 1. The molecule has 4 heteroatoms. The molecule has 5 rings (SSSR count). The van der Waals surface area contributed by atoms with Crippen LogP contribution in [0.15, 0.2) is 28.7 Å². The molecule has 2 N–H and O–H groups in total. The van der Waals surface area contributed by atoms with Gasteiger partial charge in [-0.25, -0.2) is 4.98 Å². The second-order valence-corrected chi connectivity index (χ2v) is 8.16. The van der Waals surface area contributed by atoms with Gasteiger partial charge >= 0.3 is 0 Å². The molecule has 1 saturated carbocycles. The first-order valence-electron chi connectivity index (χ1n) is 7.91. The number of pyridine rings is 1. The normalized spacial score (nSPS) is 23.6. The maximum absolute atomic E-state index is 9.63. The Bertz CT molecular complexity index is 864. The Labute approximate surface area is 144 Å². The van der Waals surface area contributed by atoms with E-state index in [0.717, 1.165) is 27.7 Å². The molecule has 2 bridgehead atoms. The summed E-state index contributed by atoms with van der Waals surface area (Å²) in [6, 6.07) is 10.4. The van der Waals surface area contributed by atoms with Crippen LogP contribution in [0.5, 0.6) is 0 Å².